The van der Waals surface area contributed by atoms with Gasteiger partial charge in [0.15, 0.2) is 5.82 Å². The van der Waals surface area contributed by atoms with Gasteiger partial charge in [-0.2, -0.15) is 5.10 Å². The van der Waals surface area contributed by atoms with Gasteiger partial charge in [-0.25, -0.2) is 10.1 Å². The number of nitrogens with two attached hydrogens (primary N) is 1. The average Bonchev–Trinajstić information content (AvgIpc) is 3.08. The first-order chi connectivity index (χ1) is 12.0. The first-order valence-corrected chi connectivity index (χ1v) is 7.81. The van der Waals surface area contributed by atoms with E-state index in [0.29, 0.717) is 11.8 Å². The Kier molecular flexibility index (Phi) is 5.89. The predicted octanol–water partition coefficient (Wildman–Crippen LogP) is 2.58. The molecule has 0 aliphatic heterocycles. The number of ether oxygens (including phenoxy) is 1. The Morgan fingerprint density at radius 3 is 2.42 bits per heavy atom. The Balaban J connectivity index is 0.00000243. The third-order valence-electron chi connectivity index (χ3n) is 4.04. The van der Waals surface area contributed by atoms with E-state index < -0.39 is 0 Å². The van der Waals surface area contributed by atoms with Crippen molar-refractivity contribution < 1.29 is 4.74 Å². The molecule has 0 radical (unpaired) electrons. The number of hydrogen-bond acceptors (Lipinski definition) is 6. The van der Waals surface area contributed by atoms with Crippen LogP contribution in [0, 0.1) is 20.8 Å². The van der Waals surface area contributed by atoms with Gasteiger partial charge in [0.05, 0.1) is 13.3 Å². The van der Waals surface area contributed by atoms with E-state index >= 15 is 0 Å². The molecule has 0 aliphatic rings. The summed E-state index contributed by atoms with van der Waals surface area (Å²) in [7, 11) is 1.66. The van der Waals surface area contributed by atoms with E-state index in [9.17, 15) is 0 Å². The van der Waals surface area contributed by atoms with E-state index in [2.05, 4.69) is 38.3 Å². The highest BCUT2D eigenvalue weighted by Gasteiger charge is 2.10. The minimum absolute atomic E-state index is 0. The van der Waals surface area contributed by atoms with Crippen LogP contribution in [0.5, 0.6) is 5.75 Å². The zero-order valence-electron chi connectivity index (χ0n) is 15.1. The van der Waals surface area contributed by atoms with Crippen LogP contribution in [-0.2, 0) is 0 Å². The molecule has 0 saturated carbocycles. The number of methoxy groups -OCH3 is 1. The van der Waals surface area contributed by atoms with Crippen molar-refractivity contribution >= 4 is 24.6 Å². The highest BCUT2D eigenvalue weighted by molar-refractivity contribution is 5.85. The lowest BCUT2D eigenvalue weighted by molar-refractivity contribution is 0.414. The van der Waals surface area contributed by atoms with Gasteiger partial charge < -0.3 is 15.1 Å². The fourth-order valence-corrected chi connectivity index (χ4v) is 2.65. The van der Waals surface area contributed by atoms with Gasteiger partial charge >= 0.3 is 0 Å². The maximum absolute atomic E-state index is 5.78. The standard InChI is InChI=1S/C17H21N7O.ClH/c1-11-9-14(10-19-21-17-22-20-13(3)24(17)18)12(2)23(11)15-5-7-16(25-4)8-6-15;/h5-10H,18H2,1-4H3,(H,21,22);1H. The fourth-order valence-electron chi connectivity index (χ4n) is 2.65. The summed E-state index contributed by atoms with van der Waals surface area (Å²) in [6, 6.07) is 10.0. The smallest absolute Gasteiger partial charge is 0.263 e. The summed E-state index contributed by atoms with van der Waals surface area (Å²) >= 11 is 0. The molecule has 3 rings (SSSR count). The molecule has 9 heteroatoms. The summed E-state index contributed by atoms with van der Waals surface area (Å²) in [5.74, 6) is 7.61. The maximum Gasteiger partial charge on any atom is 0.263 e. The number of nitrogens with zero attached hydrogens (tertiary/aromatic N) is 5. The molecule has 0 amide bonds. The molecule has 26 heavy (non-hydrogen) atoms. The quantitative estimate of drug-likeness (QED) is 0.406. The molecule has 0 saturated heterocycles. The van der Waals surface area contributed by atoms with Crippen molar-refractivity contribution in [2.24, 2.45) is 5.10 Å². The molecule has 8 nitrogen and oxygen atoms in total. The van der Waals surface area contributed by atoms with E-state index in [0.717, 1.165) is 28.4 Å². The molecule has 0 atom stereocenters. The van der Waals surface area contributed by atoms with Crippen molar-refractivity contribution in [3.63, 3.8) is 0 Å². The van der Waals surface area contributed by atoms with Crippen LogP contribution < -0.4 is 16.0 Å². The molecule has 0 fully saturated rings. The van der Waals surface area contributed by atoms with E-state index in [1.807, 2.05) is 31.2 Å². The van der Waals surface area contributed by atoms with Gasteiger partial charge in [-0.05, 0) is 51.1 Å². The molecular weight excluding hydrogens is 354 g/mol. The van der Waals surface area contributed by atoms with Crippen LogP contribution in [0.2, 0.25) is 0 Å². The van der Waals surface area contributed by atoms with Crippen molar-refractivity contribution in [1.82, 2.24) is 19.4 Å². The van der Waals surface area contributed by atoms with Crippen LogP contribution in [0.3, 0.4) is 0 Å². The molecule has 138 valence electrons. The van der Waals surface area contributed by atoms with Gasteiger partial charge in [0, 0.05) is 22.6 Å². The molecule has 0 unspecified atom stereocenters. The number of halogens is 1. The molecule has 0 spiro atoms. The first kappa shape index (κ1) is 19.3. The van der Waals surface area contributed by atoms with Crippen molar-refractivity contribution in [3.8, 4) is 11.4 Å². The number of rotatable bonds is 5. The Morgan fingerprint density at radius 2 is 1.85 bits per heavy atom. The van der Waals surface area contributed by atoms with Crippen molar-refractivity contribution in [1.29, 1.82) is 0 Å². The number of aromatic nitrogens is 4. The highest BCUT2D eigenvalue weighted by atomic mass is 35.5. The number of nitrogen functional groups attached to an aromatic ring is 1. The van der Waals surface area contributed by atoms with Crippen molar-refractivity contribution in [2.75, 3.05) is 18.4 Å². The predicted molar refractivity (Wildman–Crippen MR) is 105 cm³/mol. The third kappa shape index (κ3) is 3.65. The molecule has 2 heterocycles. The van der Waals surface area contributed by atoms with Gasteiger partial charge in [-0.15, -0.1) is 22.6 Å². The van der Waals surface area contributed by atoms with Gasteiger partial charge in [0.25, 0.3) is 5.95 Å². The van der Waals surface area contributed by atoms with Crippen LogP contribution in [0.25, 0.3) is 5.69 Å². The molecular formula is C17H22ClN7O. The molecule has 3 aromatic rings. The lowest BCUT2D eigenvalue weighted by atomic mass is 10.2. The lowest BCUT2D eigenvalue weighted by Crippen LogP contribution is -2.13. The second-order valence-corrected chi connectivity index (χ2v) is 5.67. The topological polar surface area (TPSA) is 95.3 Å². The minimum Gasteiger partial charge on any atom is -0.497 e. The van der Waals surface area contributed by atoms with Crippen LogP contribution in [0.4, 0.5) is 5.95 Å². The van der Waals surface area contributed by atoms with Crippen LogP contribution in [0.15, 0.2) is 35.4 Å². The van der Waals surface area contributed by atoms with Gasteiger partial charge in [-0.3, -0.25) is 0 Å². The summed E-state index contributed by atoms with van der Waals surface area (Å²) in [5, 5.41) is 12.0. The average molecular weight is 376 g/mol. The minimum atomic E-state index is 0. The second-order valence-electron chi connectivity index (χ2n) is 5.67. The van der Waals surface area contributed by atoms with E-state index in [1.54, 1.807) is 20.2 Å². The lowest BCUT2D eigenvalue weighted by Gasteiger charge is -2.10. The molecule has 3 N–H and O–H groups in total. The van der Waals surface area contributed by atoms with Crippen molar-refractivity contribution in [2.45, 2.75) is 20.8 Å². The van der Waals surface area contributed by atoms with E-state index in [1.165, 1.54) is 4.68 Å². The second kappa shape index (κ2) is 7.92. The van der Waals surface area contributed by atoms with Crippen LogP contribution in [-0.4, -0.2) is 32.8 Å². The molecule has 0 bridgehead atoms. The van der Waals surface area contributed by atoms with Crippen LogP contribution >= 0.6 is 12.4 Å². The summed E-state index contributed by atoms with van der Waals surface area (Å²) in [6.07, 6.45) is 1.74. The SMILES string of the molecule is COc1ccc(-n2c(C)cc(C=NNc3nnc(C)n3N)c2C)cc1.Cl. The monoisotopic (exact) mass is 375 g/mol. The number of anilines is 1. The van der Waals surface area contributed by atoms with E-state index in [4.69, 9.17) is 10.6 Å². The first-order valence-electron chi connectivity index (χ1n) is 7.81. The Hall–Kier alpha value is -3.00. The van der Waals surface area contributed by atoms with E-state index in [-0.39, 0.29) is 12.4 Å². The number of hydrogen-bond donors (Lipinski definition) is 2. The molecule has 1 aromatic carbocycles. The summed E-state index contributed by atoms with van der Waals surface area (Å²) in [5.41, 5.74) is 7.07. The summed E-state index contributed by atoms with van der Waals surface area (Å²) in [6.45, 7) is 5.88. The Labute approximate surface area is 158 Å². The fraction of sp³-hybridized carbons (Fsp3) is 0.235. The number of hydrazone groups is 1. The summed E-state index contributed by atoms with van der Waals surface area (Å²) in [4.78, 5) is 0. The number of nitrogens with one attached hydrogen (secondary N) is 1. The maximum atomic E-state index is 5.78. The normalized spacial score (nSPS) is 10.8. The third-order valence-corrected chi connectivity index (χ3v) is 4.04. The largest absolute Gasteiger partial charge is 0.497 e. The molecule has 0 aliphatic carbocycles. The summed E-state index contributed by atoms with van der Waals surface area (Å²) < 4.78 is 8.72. The number of benzene rings is 1. The van der Waals surface area contributed by atoms with Gasteiger partial charge in [-0.1, -0.05) is 0 Å². The van der Waals surface area contributed by atoms with Gasteiger partial charge in [0.1, 0.15) is 5.75 Å². The Morgan fingerprint density at radius 1 is 1.15 bits per heavy atom. The highest BCUT2D eigenvalue weighted by Crippen LogP contribution is 2.22. The van der Waals surface area contributed by atoms with Crippen molar-refractivity contribution in [3.05, 3.63) is 53.1 Å². The zero-order valence-corrected chi connectivity index (χ0v) is 15.9. The number of aryl methyl sites for hydroxylation is 2. The van der Waals surface area contributed by atoms with Gasteiger partial charge in [0.2, 0.25) is 0 Å². The Bertz CT molecular complexity index is 912. The zero-order chi connectivity index (χ0) is 18.0. The van der Waals surface area contributed by atoms with Crippen LogP contribution in [0.1, 0.15) is 22.8 Å². The molecule has 2 aromatic heterocycles.